The van der Waals surface area contributed by atoms with Crippen molar-refractivity contribution in [2.75, 3.05) is 6.54 Å². The van der Waals surface area contributed by atoms with E-state index in [9.17, 15) is 9.90 Å². The van der Waals surface area contributed by atoms with Crippen LogP contribution in [0, 0.1) is 12.8 Å². The van der Waals surface area contributed by atoms with Crippen molar-refractivity contribution in [3.8, 4) is 0 Å². The zero-order valence-corrected chi connectivity index (χ0v) is 12.1. The molecule has 6 nitrogen and oxygen atoms in total. The van der Waals surface area contributed by atoms with Crippen molar-refractivity contribution >= 4 is 6.03 Å². The fourth-order valence-corrected chi connectivity index (χ4v) is 1.79. The summed E-state index contributed by atoms with van der Waals surface area (Å²) in [6, 6.07) is -0.272. The second-order valence-electron chi connectivity index (χ2n) is 5.23. The minimum Gasteiger partial charge on any atom is -0.391 e. The standard InChI is InChI=1S/C13H24N4O2/c1-9(2)5-12(18)8-15-13(19)14-6-11-7-16-17(4)10(11)3/h7,9,12,18H,5-6,8H2,1-4H3,(H2,14,15,19). The zero-order valence-electron chi connectivity index (χ0n) is 12.1. The normalized spacial score (nSPS) is 12.5. The van der Waals surface area contributed by atoms with E-state index in [0.717, 1.165) is 11.3 Å². The quantitative estimate of drug-likeness (QED) is 0.718. The number of aliphatic hydroxyl groups excluding tert-OH is 1. The molecule has 0 saturated heterocycles. The number of aromatic nitrogens is 2. The third kappa shape index (κ3) is 5.30. The van der Waals surface area contributed by atoms with E-state index < -0.39 is 6.10 Å². The number of nitrogens with one attached hydrogen (secondary N) is 2. The topological polar surface area (TPSA) is 79.2 Å². The summed E-state index contributed by atoms with van der Waals surface area (Å²) in [5.41, 5.74) is 2.01. The van der Waals surface area contributed by atoms with Crippen LogP contribution >= 0.6 is 0 Å². The second-order valence-corrected chi connectivity index (χ2v) is 5.23. The summed E-state index contributed by atoms with van der Waals surface area (Å²) in [6.45, 7) is 6.74. The van der Waals surface area contributed by atoms with Gasteiger partial charge in [0.15, 0.2) is 0 Å². The molecule has 0 spiro atoms. The fourth-order valence-electron chi connectivity index (χ4n) is 1.79. The van der Waals surface area contributed by atoms with Gasteiger partial charge in [-0.15, -0.1) is 0 Å². The molecule has 0 aromatic carbocycles. The van der Waals surface area contributed by atoms with E-state index in [1.165, 1.54) is 0 Å². The Morgan fingerprint density at radius 3 is 2.68 bits per heavy atom. The third-order valence-corrected chi connectivity index (χ3v) is 3.02. The summed E-state index contributed by atoms with van der Waals surface area (Å²) >= 11 is 0. The first-order valence-corrected chi connectivity index (χ1v) is 6.57. The monoisotopic (exact) mass is 268 g/mol. The van der Waals surface area contributed by atoms with Crippen LogP contribution in [0.25, 0.3) is 0 Å². The molecule has 0 bridgehead atoms. The van der Waals surface area contributed by atoms with Crippen molar-refractivity contribution < 1.29 is 9.90 Å². The highest BCUT2D eigenvalue weighted by molar-refractivity contribution is 5.73. The van der Waals surface area contributed by atoms with Gasteiger partial charge in [0.25, 0.3) is 0 Å². The molecular weight excluding hydrogens is 244 g/mol. The lowest BCUT2D eigenvalue weighted by Gasteiger charge is -2.14. The van der Waals surface area contributed by atoms with Gasteiger partial charge in [0.2, 0.25) is 0 Å². The number of hydrogen-bond acceptors (Lipinski definition) is 3. The molecular formula is C13H24N4O2. The number of urea groups is 1. The van der Waals surface area contributed by atoms with Crippen LogP contribution in [0.3, 0.4) is 0 Å². The Balaban J connectivity index is 2.27. The minimum atomic E-state index is -0.495. The maximum atomic E-state index is 11.6. The van der Waals surface area contributed by atoms with Crippen LogP contribution in [0.4, 0.5) is 4.79 Å². The predicted molar refractivity (Wildman–Crippen MR) is 73.6 cm³/mol. The molecule has 0 fully saturated rings. The van der Waals surface area contributed by atoms with Gasteiger partial charge in [-0.2, -0.15) is 5.10 Å². The molecule has 0 aliphatic heterocycles. The van der Waals surface area contributed by atoms with Crippen molar-refractivity contribution in [3.05, 3.63) is 17.5 Å². The molecule has 1 aromatic heterocycles. The maximum absolute atomic E-state index is 11.6. The van der Waals surface area contributed by atoms with Gasteiger partial charge < -0.3 is 15.7 Å². The Morgan fingerprint density at radius 2 is 2.16 bits per heavy atom. The summed E-state index contributed by atoms with van der Waals surface area (Å²) in [5.74, 6) is 0.415. The van der Waals surface area contributed by atoms with Crippen LogP contribution < -0.4 is 10.6 Å². The number of carbonyl (C=O) groups is 1. The molecule has 1 aromatic rings. The lowest BCUT2D eigenvalue weighted by molar-refractivity contribution is 0.147. The fraction of sp³-hybridized carbons (Fsp3) is 0.692. The smallest absolute Gasteiger partial charge is 0.315 e. The Hall–Kier alpha value is -1.56. The second kappa shape index (κ2) is 7.13. The molecule has 2 amide bonds. The van der Waals surface area contributed by atoms with Crippen LogP contribution in [0.5, 0.6) is 0 Å². The molecule has 0 aliphatic rings. The third-order valence-electron chi connectivity index (χ3n) is 3.02. The van der Waals surface area contributed by atoms with E-state index in [4.69, 9.17) is 0 Å². The molecule has 108 valence electrons. The number of rotatable bonds is 6. The van der Waals surface area contributed by atoms with Crippen LogP contribution in [0.15, 0.2) is 6.20 Å². The Morgan fingerprint density at radius 1 is 1.47 bits per heavy atom. The van der Waals surface area contributed by atoms with Crippen molar-refractivity contribution in [2.45, 2.75) is 39.8 Å². The molecule has 1 heterocycles. The highest BCUT2D eigenvalue weighted by Gasteiger charge is 2.09. The van der Waals surface area contributed by atoms with E-state index in [2.05, 4.69) is 15.7 Å². The van der Waals surface area contributed by atoms with Crippen molar-refractivity contribution in [3.63, 3.8) is 0 Å². The molecule has 0 radical (unpaired) electrons. The predicted octanol–water partition coefficient (Wildman–Crippen LogP) is 0.935. The number of aryl methyl sites for hydroxylation is 1. The van der Waals surface area contributed by atoms with Crippen LogP contribution in [-0.2, 0) is 13.6 Å². The summed E-state index contributed by atoms with van der Waals surface area (Å²) in [7, 11) is 1.86. The SMILES string of the molecule is Cc1c(CNC(=O)NCC(O)CC(C)C)cnn1C. The molecule has 6 heteroatoms. The number of aliphatic hydroxyl groups is 1. The summed E-state index contributed by atoms with van der Waals surface area (Å²) in [6.07, 6.45) is 1.93. The van der Waals surface area contributed by atoms with E-state index in [1.54, 1.807) is 10.9 Å². The Kier molecular flexibility index (Phi) is 5.82. The lowest BCUT2D eigenvalue weighted by atomic mass is 10.1. The number of carbonyl (C=O) groups excluding carboxylic acids is 1. The lowest BCUT2D eigenvalue weighted by Crippen LogP contribution is -2.39. The van der Waals surface area contributed by atoms with Gasteiger partial charge in [0, 0.05) is 31.4 Å². The van der Waals surface area contributed by atoms with E-state index in [1.807, 2.05) is 27.8 Å². The van der Waals surface area contributed by atoms with E-state index >= 15 is 0 Å². The molecule has 1 rings (SSSR count). The first-order chi connectivity index (χ1) is 8.90. The van der Waals surface area contributed by atoms with Gasteiger partial charge in [-0.1, -0.05) is 13.8 Å². The maximum Gasteiger partial charge on any atom is 0.315 e. The molecule has 0 aliphatic carbocycles. The average Bonchev–Trinajstić information content (AvgIpc) is 2.64. The van der Waals surface area contributed by atoms with Gasteiger partial charge in [0.1, 0.15) is 0 Å². The van der Waals surface area contributed by atoms with Crippen LogP contribution in [0.1, 0.15) is 31.5 Å². The van der Waals surface area contributed by atoms with Gasteiger partial charge in [0.05, 0.1) is 12.3 Å². The average molecular weight is 268 g/mol. The van der Waals surface area contributed by atoms with E-state index in [0.29, 0.717) is 18.9 Å². The van der Waals surface area contributed by atoms with Gasteiger partial charge in [-0.25, -0.2) is 4.79 Å². The summed E-state index contributed by atoms with van der Waals surface area (Å²) in [4.78, 5) is 11.6. The van der Waals surface area contributed by atoms with Crippen molar-refractivity contribution in [1.29, 1.82) is 0 Å². The number of hydrogen-bond donors (Lipinski definition) is 3. The summed E-state index contributed by atoms with van der Waals surface area (Å²) in [5, 5.41) is 19.2. The van der Waals surface area contributed by atoms with Crippen molar-refractivity contribution in [1.82, 2.24) is 20.4 Å². The Labute approximate surface area is 114 Å². The van der Waals surface area contributed by atoms with Gasteiger partial charge in [-0.05, 0) is 19.3 Å². The molecule has 1 atom stereocenters. The number of amides is 2. The Bertz CT molecular complexity index is 415. The van der Waals surface area contributed by atoms with Gasteiger partial charge in [-0.3, -0.25) is 4.68 Å². The molecule has 0 saturated carbocycles. The molecule has 3 N–H and O–H groups in total. The largest absolute Gasteiger partial charge is 0.391 e. The number of nitrogens with zero attached hydrogens (tertiary/aromatic N) is 2. The van der Waals surface area contributed by atoms with Crippen LogP contribution in [-0.4, -0.2) is 33.6 Å². The highest BCUT2D eigenvalue weighted by atomic mass is 16.3. The zero-order chi connectivity index (χ0) is 14.4. The van der Waals surface area contributed by atoms with Crippen LogP contribution in [0.2, 0.25) is 0 Å². The van der Waals surface area contributed by atoms with E-state index in [-0.39, 0.29) is 12.6 Å². The molecule has 1 unspecified atom stereocenters. The summed E-state index contributed by atoms with van der Waals surface area (Å²) < 4.78 is 1.77. The molecule has 19 heavy (non-hydrogen) atoms. The highest BCUT2D eigenvalue weighted by Crippen LogP contribution is 2.05. The van der Waals surface area contributed by atoms with Gasteiger partial charge >= 0.3 is 6.03 Å². The first-order valence-electron chi connectivity index (χ1n) is 6.57. The van der Waals surface area contributed by atoms with Crippen molar-refractivity contribution in [2.24, 2.45) is 13.0 Å². The first kappa shape index (κ1) is 15.5. The minimum absolute atomic E-state index is 0.272.